The molecule has 6 nitrogen and oxygen atoms in total. The Morgan fingerprint density at radius 1 is 1.32 bits per heavy atom. The molecule has 0 saturated carbocycles. The number of aromatic amines is 1. The fraction of sp³-hybridized carbons (Fsp3) is 0.231. The summed E-state index contributed by atoms with van der Waals surface area (Å²) < 4.78 is 0. The van der Waals surface area contributed by atoms with Crippen LogP contribution in [0.3, 0.4) is 0 Å². The molecule has 2 rings (SSSR count). The summed E-state index contributed by atoms with van der Waals surface area (Å²) in [5.74, 6) is -1.59. The average Bonchev–Trinajstić information content (AvgIpc) is 2.82. The molecule has 0 radical (unpaired) electrons. The standard InChI is InChI=1S/C13H14N2O4/c16-11(13(18)19)5-6-14-12(17)9-7-15-10-4-2-1-3-8(9)10/h1-4,7,11,15-16H,5-6H2,(H,14,17)(H,18,19). The molecule has 0 fully saturated rings. The van der Waals surface area contributed by atoms with Crippen LogP contribution in [0.5, 0.6) is 0 Å². The normalized spacial score (nSPS) is 12.3. The summed E-state index contributed by atoms with van der Waals surface area (Å²) in [6, 6.07) is 7.39. The molecule has 0 saturated heterocycles. The Balaban J connectivity index is 1.99. The molecular weight excluding hydrogens is 248 g/mol. The van der Waals surface area contributed by atoms with Gasteiger partial charge in [0, 0.05) is 30.1 Å². The molecule has 0 aliphatic carbocycles. The van der Waals surface area contributed by atoms with Gasteiger partial charge in [-0.2, -0.15) is 0 Å². The molecule has 0 bridgehead atoms. The quantitative estimate of drug-likeness (QED) is 0.638. The largest absolute Gasteiger partial charge is 0.479 e. The van der Waals surface area contributed by atoms with E-state index in [4.69, 9.17) is 10.2 Å². The second-order valence-corrected chi connectivity index (χ2v) is 4.15. The number of aliphatic hydroxyl groups is 1. The first kappa shape index (κ1) is 13.1. The molecule has 0 spiro atoms. The molecule has 1 heterocycles. The Labute approximate surface area is 109 Å². The van der Waals surface area contributed by atoms with E-state index in [2.05, 4.69) is 10.3 Å². The number of carbonyl (C=O) groups excluding carboxylic acids is 1. The number of rotatable bonds is 5. The number of benzene rings is 1. The SMILES string of the molecule is O=C(NCCC(O)C(=O)O)c1c[nH]c2ccccc12. The van der Waals surface area contributed by atoms with Crippen LogP contribution in [0.2, 0.25) is 0 Å². The van der Waals surface area contributed by atoms with Crippen molar-refractivity contribution in [1.82, 2.24) is 10.3 Å². The smallest absolute Gasteiger partial charge is 0.332 e. The number of aliphatic hydroxyl groups excluding tert-OH is 1. The fourth-order valence-electron chi connectivity index (χ4n) is 1.80. The van der Waals surface area contributed by atoms with Gasteiger partial charge in [-0.3, -0.25) is 4.79 Å². The van der Waals surface area contributed by atoms with E-state index in [1.807, 2.05) is 24.3 Å². The second kappa shape index (κ2) is 5.53. The summed E-state index contributed by atoms with van der Waals surface area (Å²) in [5, 5.41) is 21.0. The van der Waals surface area contributed by atoms with Crippen LogP contribution in [0.15, 0.2) is 30.5 Å². The first-order valence-electron chi connectivity index (χ1n) is 5.85. The highest BCUT2D eigenvalue weighted by molar-refractivity contribution is 6.06. The first-order valence-corrected chi connectivity index (χ1v) is 5.85. The highest BCUT2D eigenvalue weighted by Gasteiger charge is 2.15. The summed E-state index contributed by atoms with van der Waals surface area (Å²) in [6.45, 7) is 0.103. The maximum Gasteiger partial charge on any atom is 0.332 e. The monoisotopic (exact) mass is 262 g/mol. The van der Waals surface area contributed by atoms with E-state index in [0.29, 0.717) is 5.56 Å². The molecule has 2 aromatic rings. The van der Waals surface area contributed by atoms with Gasteiger partial charge in [0.1, 0.15) is 0 Å². The number of carboxylic acid groups (broad SMARTS) is 1. The van der Waals surface area contributed by atoms with E-state index >= 15 is 0 Å². The minimum atomic E-state index is -1.46. The van der Waals surface area contributed by atoms with Crippen molar-refractivity contribution in [2.45, 2.75) is 12.5 Å². The maximum absolute atomic E-state index is 11.9. The van der Waals surface area contributed by atoms with Crippen LogP contribution in [0.1, 0.15) is 16.8 Å². The zero-order chi connectivity index (χ0) is 13.8. The summed E-state index contributed by atoms with van der Waals surface area (Å²) in [7, 11) is 0. The summed E-state index contributed by atoms with van der Waals surface area (Å²) in [5.41, 5.74) is 1.36. The third kappa shape index (κ3) is 2.92. The van der Waals surface area contributed by atoms with Gasteiger partial charge in [0.05, 0.1) is 5.56 Å². The Bertz CT molecular complexity index is 605. The number of hydrogen-bond donors (Lipinski definition) is 4. The van der Waals surface area contributed by atoms with E-state index in [-0.39, 0.29) is 18.9 Å². The maximum atomic E-state index is 11.9. The minimum Gasteiger partial charge on any atom is -0.479 e. The highest BCUT2D eigenvalue weighted by atomic mass is 16.4. The number of hydrogen-bond acceptors (Lipinski definition) is 3. The van der Waals surface area contributed by atoms with Crippen LogP contribution >= 0.6 is 0 Å². The van der Waals surface area contributed by atoms with Gasteiger partial charge in [0.15, 0.2) is 6.10 Å². The van der Waals surface area contributed by atoms with Crippen molar-refractivity contribution < 1.29 is 19.8 Å². The van der Waals surface area contributed by atoms with Gasteiger partial charge in [0.25, 0.3) is 5.91 Å². The van der Waals surface area contributed by atoms with Crippen molar-refractivity contribution >= 4 is 22.8 Å². The number of aromatic nitrogens is 1. The molecule has 1 aromatic heterocycles. The topological polar surface area (TPSA) is 102 Å². The van der Waals surface area contributed by atoms with Crippen molar-refractivity contribution in [3.8, 4) is 0 Å². The van der Waals surface area contributed by atoms with Gasteiger partial charge < -0.3 is 20.5 Å². The molecule has 1 aromatic carbocycles. The Morgan fingerprint density at radius 2 is 2.05 bits per heavy atom. The van der Waals surface area contributed by atoms with E-state index in [1.165, 1.54) is 0 Å². The van der Waals surface area contributed by atoms with Crippen LogP contribution in [0.25, 0.3) is 10.9 Å². The Morgan fingerprint density at radius 3 is 2.79 bits per heavy atom. The van der Waals surface area contributed by atoms with E-state index in [9.17, 15) is 9.59 Å². The third-order valence-corrected chi connectivity index (χ3v) is 2.82. The minimum absolute atomic E-state index is 0.0244. The fourth-order valence-corrected chi connectivity index (χ4v) is 1.80. The molecule has 1 atom stereocenters. The molecule has 1 unspecified atom stereocenters. The van der Waals surface area contributed by atoms with Crippen LogP contribution in [0, 0.1) is 0 Å². The lowest BCUT2D eigenvalue weighted by Gasteiger charge is -2.06. The van der Waals surface area contributed by atoms with E-state index in [1.54, 1.807) is 6.20 Å². The molecule has 1 amide bonds. The van der Waals surface area contributed by atoms with Crippen LogP contribution < -0.4 is 5.32 Å². The zero-order valence-corrected chi connectivity index (χ0v) is 10.1. The summed E-state index contributed by atoms with van der Waals surface area (Å²) in [6.07, 6.45) is 0.125. The van der Waals surface area contributed by atoms with E-state index in [0.717, 1.165) is 10.9 Å². The summed E-state index contributed by atoms with van der Waals surface area (Å²) in [4.78, 5) is 25.3. The van der Waals surface area contributed by atoms with Crippen LogP contribution in [-0.4, -0.2) is 39.7 Å². The Hall–Kier alpha value is -2.34. The molecule has 100 valence electrons. The van der Waals surface area contributed by atoms with Crippen LogP contribution in [-0.2, 0) is 4.79 Å². The summed E-state index contributed by atoms with van der Waals surface area (Å²) >= 11 is 0. The molecule has 19 heavy (non-hydrogen) atoms. The van der Waals surface area contributed by atoms with Crippen LogP contribution in [0.4, 0.5) is 0 Å². The van der Waals surface area contributed by atoms with Crippen molar-refractivity contribution in [3.63, 3.8) is 0 Å². The Kier molecular flexibility index (Phi) is 3.82. The number of H-pyrrole nitrogens is 1. The number of carbonyl (C=O) groups is 2. The van der Waals surface area contributed by atoms with Gasteiger partial charge in [-0.05, 0) is 6.07 Å². The lowest BCUT2D eigenvalue weighted by Crippen LogP contribution is -2.29. The predicted molar refractivity (Wildman–Crippen MR) is 68.9 cm³/mol. The van der Waals surface area contributed by atoms with Gasteiger partial charge in [-0.1, -0.05) is 18.2 Å². The lowest BCUT2D eigenvalue weighted by atomic mass is 10.1. The van der Waals surface area contributed by atoms with Gasteiger partial charge in [0.2, 0.25) is 0 Å². The van der Waals surface area contributed by atoms with Crippen molar-refractivity contribution in [3.05, 3.63) is 36.0 Å². The highest BCUT2D eigenvalue weighted by Crippen LogP contribution is 2.17. The molecule has 0 aliphatic heterocycles. The number of amides is 1. The van der Waals surface area contributed by atoms with Gasteiger partial charge >= 0.3 is 5.97 Å². The van der Waals surface area contributed by atoms with E-state index < -0.39 is 12.1 Å². The van der Waals surface area contributed by atoms with Gasteiger partial charge in [-0.15, -0.1) is 0 Å². The van der Waals surface area contributed by atoms with Gasteiger partial charge in [-0.25, -0.2) is 4.79 Å². The number of para-hydroxylation sites is 1. The average molecular weight is 262 g/mol. The third-order valence-electron chi connectivity index (χ3n) is 2.82. The van der Waals surface area contributed by atoms with Crippen molar-refractivity contribution in [1.29, 1.82) is 0 Å². The number of fused-ring (bicyclic) bond motifs is 1. The zero-order valence-electron chi connectivity index (χ0n) is 10.1. The second-order valence-electron chi connectivity index (χ2n) is 4.15. The predicted octanol–water partition coefficient (Wildman–Crippen LogP) is 0.733. The molecule has 4 N–H and O–H groups in total. The van der Waals surface area contributed by atoms with Crippen molar-refractivity contribution in [2.75, 3.05) is 6.54 Å². The number of carboxylic acids is 1. The first-order chi connectivity index (χ1) is 9.09. The molecule has 6 heteroatoms. The molecular formula is C13H14N2O4. The lowest BCUT2D eigenvalue weighted by molar-refractivity contribution is -0.146. The number of nitrogens with one attached hydrogen (secondary N) is 2. The van der Waals surface area contributed by atoms with Crippen molar-refractivity contribution in [2.24, 2.45) is 0 Å². The molecule has 0 aliphatic rings. The number of aliphatic carboxylic acids is 1.